The number of carboxylic acid groups (broad SMARTS) is 1. The van der Waals surface area contributed by atoms with Gasteiger partial charge in [0, 0.05) is 0 Å². The van der Waals surface area contributed by atoms with Crippen molar-refractivity contribution >= 4 is 37.9 Å². The molecule has 1 atom stereocenters. The normalized spacial score (nSPS) is 17.5. The van der Waals surface area contributed by atoms with Crippen LogP contribution in [0.1, 0.15) is 51.4 Å². The molecule has 1 unspecified atom stereocenters. The van der Waals surface area contributed by atoms with E-state index < -0.39 is 18.6 Å². The Labute approximate surface area is 151 Å². The van der Waals surface area contributed by atoms with Gasteiger partial charge in [-0.25, -0.2) is 0 Å². The molecule has 0 bridgehead atoms. The van der Waals surface area contributed by atoms with Crippen LogP contribution in [-0.4, -0.2) is 58.3 Å². The summed E-state index contributed by atoms with van der Waals surface area (Å²) >= 11 is 0. The largest absolute Gasteiger partial charge is 0.480 e. The molecule has 1 aliphatic heterocycles. The van der Waals surface area contributed by atoms with Gasteiger partial charge in [-0.3, -0.25) is 4.79 Å². The highest BCUT2D eigenvalue weighted by molar-refractivity contribution is 6.40. The van der Waals surface area contributed by atoms with E-state index in [1.165, 1.54) is 19.3 Å². The molecule has 23 heavy (non-hydrogen) atoms. The van der Waals surface area contributed by atoms with E-state index in [0.717, 1.165) is 26.1 Å². The molecule has 0 amide bonds. The van der Waals surface area contributed by atoms with Crippen LogP contribution in [0.25, 0.3) is 0 Å². The molecular weight excluding hydrogens is 342 g/mol. The third-order valence-electron chi connectivity index (χ3n) is 4.31. The fourth-order valence-corrected chi connectivity index (χ4v) is 2.91. The van der Waals surface area contributed by atoms with Gasteiger partial charge in [0.15, 0.2) is 0 Å². The number of carboxylic acids is 1. The Bertz CT molecular complexity index is 321. The minimum absolute atomic E-state index is 0. The number of nitrogens with zero attached hydrogens (tertiary/aromatic N) is 1. The summed E-state index contributed by atoms with van der Waals surface area (Å²) in [5.41, 5.74) is 4.85. The van der Waals surface area contributed by atoms with Crippen LogP contribution in [-0.2, 0) is 4.79 Å². The first-order valence-corrected chi connectivity index (χ1v) is 8.05. The van der Waals surface area contributed by atoms with Gasteiger partial charge in [0.2, 0.25) is 0 Å². The summed E-state index contributed by atoms with van der Waals surface area (Å²) < 4.78 is 0. The van der Waals surface area contributed by atoms with Crippen molar-refractivity contribution in [2.45, 2.75) is 63.2 Å². The predicted molar refractivity (Wildman–Crippen MR) is 97.4 cm³/mol. The van der Waals surface area contributed by atoms with Crippen LogP contribution in [0.4, 0.5) is 0 Å². The van der Waals surface area contributed by atoms with Gasteiger partial charge in [-0.05, 0) is 58.1 Å². The van der Waals surface area contributed by atoms with E-state index >= 15 is 0 Å². The first kappa shape index (κ1) is 25.2. The van der Waals surface area contributed by atoms with Crippen molar-refractivity contribution in [3.8, 4) is 0 Å². The zero-order valence-corrected chi connectivity index (χ0v) is 15.3. The van der Waals surface area contributed by atoms with Crippen molar-refractivity contribution in [3.63, 3.8) is 0 Å². The Morgan fingerprint density at radius 2 is 1.61 bits per heavy atom. The van der Waals surface area contributed by atoms with Crippen molar-refractivity contribution in [1.82, 2.24) is 4.90 Å². The predicted octanol–water partition coefficient (Wildman–Crippen LogP) is 1.52. The molecule has 0 aliphatic carbocycles. The quantitative estimate of drug-likeness (QED) is 0.342. The standard InChI is InChI=1S/C14H29BN2O4.2ClH/c16-14(13(18)19,7-2-3-9-15(20)21)8-6-12-17-10-4-1-5-11-17;;/h20-21H,1-12,16H2,(H,18,19);2*1H. The molecular formula is C14H31BCl2N2O4. The highest BCUT2D eigenvalue weighted by Crippen LogP contribution is 2.20. The zero-order chi connectivity index (χ0) is 15.7. The maximum absolute atomic E-state index is 11.4. The summed E-state index contributed by atoms with van der Waals surface area (Å²) in [5.74, 6) is -0.953. The van der Waals surface area contributed by atoms with E-state index in [1.807, 2.05) is 0 Å². The highest BCUT2D eigenvalue weighted by atomic mass is 35.5. The van der Waals surface area contributed by atoms with Crippen LogP contribution in [0.15, 0.2) is 0 Å². The summed E-state index contributed by atoms with van der Waals surface area (Å²) in [5, 5.41) is 26.9. The second kappa shape index (κ2) is 13.3. The Morgan fingerprint density at radius 1 is 1.04 bits per heavy atom. The molecule has 1 heterocycles. The number of piperidine rings is 1. The van der Waals surface area contributed by atoms with Gasteiger partial charge >= 0.3 is 13.1 Å². The van der Waals surface area contributed by atoms with Crippen LogP contribution in [0, 0.1) is 0 Å². The lowest BCUT2D eigenvalue weighted by molar-refractivity contribution is -0.144. The summed E-state index contributed by atoms with van der Waals surface area (Å²) in [6.45, 7) is 3.14. The van der Waals surface area contributed by atoms with Crippen molar-refractivity contribution < 1.29 is 19.9 Å². The molecule has 0 aromatic carbocycles. The fraction of sp³-hybridized carbons (Fsp3) is 0.929. The number of nitrogens with two attached hydrogens (primary N) is 1. The second-order valence-corrected chi connectivity index (χ2v) is 6.19. The maximum atomic E-state index is 11.4. The van der Waals surface area contributed by atoms with Crippen molar-refractivity contribution in [1.29, 1.82) is 0 Å². The molecule has 0 aromatic rings. The number of hydrogen-bond acceptors (Lipinski definition) is 5. The molecule has 1 saturated heterocycles. The molecule has 1 fully saturated rings. The van der Waals surface area contributed by atoms with Gasteiger partial charge in [-0.15, -0.1) is 24.8 Å². The average Bonchev–Trinajstić information content (AvgIpc) is 2.44. The molecule has 6 nitrogen and oxygen atoms in total. The van der Waals surface area contributed by atoms with Crippen LogP contribution >= 0.6 is 24.8 Å². The van der Waals surface area contributed by atoms with E-state index in [1.54, 1.807) is 0 Å². The number of hydrogen-bond donors (Lipinski definition) is 4. The van der Waals surface area contributed by atoms with Gasteiger partial charge in [-0.1, -0.05) is 19.3 Å². The number of rotatable bonds is 10. The Morgan fingerprint density at radius 3 is 2.13 bits per heavy atom. The van der Waals surface area contributed by atoms with Crippen LogP contribution in [0.5, 0.6) is 0 Å². The van der Waals surface area contributed by atoms with Crippen LogP contribution < -0.4 is 5.73 Å². The van der Waals surface area contributed by atoms with Gasteiger partial charge in [0.05, 0.1) is 0 Å². The topological polar surface area (TPSA) is 107 Å². The zero-order valence-electron chi connectivity index (χ0n) is 13.7. The van der Waals surface area contributed by atoms with Crippen LogP contribution in [0.2, 0.25) is 6.32 Å². The lowest BCUT2D eigenvalue weighted by Gasteiger charge is -2.29. The third kappa shape index (κ3) is 10.4. The van der Waals surface area contributed by atoms with E-state index in [4.69, 9.17) is 15.8 Å². The van der Waals surface area contributed by atoms with Gasteiger partial charge < -0.3 is 25.8 Å². The average molecular weight is 373 g/mol. The lowest BCUT2D eigenvalue weighted by Crippen LogP contribution is -2.48. The number of unbranched alkanes of at least 4 members (excludes halogenated alkanes) is 1. The minimum atomic E-state index is -1.32. The Hall–Kier alpha value is -0.0451. The van der Waals surface area contributed by atoms with Gasteiger partial charge in [-0.2, -0.15) is 0 Å². The number of likely N-dealkylation sites (tertiary alicyclic amines) is 1. The van der Waals surface area contributed by atoms with Gasteiger partial charge in [0.1, 0.15) is 5.54 Å². The Balaban J connectivity index is 0. The molecule has 0 aromatic heterocycles. The molecule has 9 heteroatoms. The minimum Gasteiger partial charge on any atom is -0.480 e. The molecule has 0 spiro atoms. The molecule has 138 valence electrons. The summed E-state index contributed by atoms with van der Waals surface area (Å²) in [7, 11) is -1.32. The van der Waals surface area contributed by atoms with Crippen LogP contribution in [0.3, 0.4) is 0 Å². The summed E-state index contributed by atoms with van der Waals surface area (Å²) in [6, 6.07) is 0. The Kier molecular flexibility index (Phi) is 14.5. The number of carbonyl (C=O) groups is 1. The van der Waals surface area contributed by atoms with E-state index in [0.29, 0.717) is 25.7 Å². The van der Waals surface area contributed by atoms with Crippen molar-refractivity contribution in [3.05, 3.63) is 0 Å². The molecule has 0 radical (unpaired) electrons. The molecule has 5 N–H and O–H groups in total. The SMILES string of the molecule is Cl.Cl.NC(CCCCB(O)O)(CCCN1CCCCC1)C(=O)O. The van der Waals surface area contributed by atoms with Crippen molar-refractivity contribution in [2.75, 3.05) is 19.6 Å². The molecule has 1 aliphatic rings. The molecule has 1 rings (SSSR count). The van der Waals surface area contributed by atoms with E-state index in [9.17, 15) is 9.90 Å². The van der Waals surface area contributed by atoms with Gasteiger partial charge in [0.25, 0.3) is 0 Å². The first-order valence-electron chi connectivity index (χ1n) is 8.05. The van der Waals surface area contributed by atoms with E-state index in [2.05, 4.69) is 4.90 Å². The summed E-state index contributed by atoms with van der Waals surface area (Å²) in [6.07, 6.45) is 6.86. The molecule has 0 saturated carbocycles. The summed E-state index contributed by atoms with van der Waals surface area (Å²) in [4.78, 5) is 13.8. The fourth-order valence-electron chi connectivity index (χ4n) is 2.91. The monoisotopic (exact) mass is 372 g/mol. The first-order chi connectivity index (χ1) is 9.94. The number of halogens is 2. The second-order valence-electron chi connectivity index (χ2n) is 6.19. The maximum Gasteiger partial charge on any atom is 0.451 e. The lowest BCUT2D eigenvalue weighted by atomic mass is 9.81. The van der Waals surface area contributed by atoms with E-state index in [-0.39, 0.29) is 31.1 Å². The third-order valence-corrected chi connectivity index (χ3v) is 4.31. The highest BCUT2D eigenvalue weighted by Gasteiger charge is 2.33. The van der Waals surface area contributed by atoms with Crippen molar-refractivity contribution in [2.24, 2.45) is 5.73 Å². The smallest absolute Gasteiger partial charge is 0.451 e. The number of aliphatic carboxylic acids is 1.